The van der Waals surface area contributed by atoms with Crippen molar-refractivity contribution in [1.29, 1.82) is 0 Å². The number of rotatable bonds is 1. The van der Waals surface area contributed by atoms with Gasteiger partial charge < -0.3 is 16.0 Å². The lowest BCUT2D eigenvalue weighted by atomic mass is 10.1. The highest BCUT2D eigenvalue weighted by Crippen LogP contribution is 2.03. The minimum absolute atomic E-state index is 0.0511. The molecule has 70 valence electrons. The molecule has 0 bridgehead atoms. The normalized spacial score (nSPS) is 30.4. The van der Waals surface area contributed by atoms with Crippen LogP contribution in [0.25, 0.3) is 0 Å². The minimum Gasteiger partial charge on any atom is -0.338 e. The standard InChI is InChI=1S/C8H17N3O/c1-6-4-11(8(12)3-9)5-7(2)10-6/h6-7,10H,3-5,9H2,1-2H3/t6-,7+. The largest absolute Gasteiger partial charge is 0.338 e. The van der Waals surface area contributed by atoms with Gasteiger partial charge >= 0.3 is 0 Å². The molecule has 0 saturated carbocycles. The van der Waals surface area contributed by atoms with Crippen LogP contribution in [0.5, 0.6) is 0 Å². The lowest BCUT2D eigenvalue weighted by Crippen LogP contribution is -2.56. The van der Waals surface area contributed by atoms with E-state index in [1.54, 1.807) is 0 Å². The van der Waals surface area contributed by atoms with Crippen molar-refractivity contribution >= 4 is 5.91 Å². The van der Waals surface area contributed by atoms with Crippen molar-refractivity contribution in [2.45, 2.75) is 25.9 Å². The Morgan fingerprint density at radius 1 is 1.50 bits per heavy atom. The first-order valence-electron chi connectivity index (χ1n) is 4.37. The van der Waals surface area contributed by atoms with Crippen molar-refractivity contribution in [2.24, 2.45) is 5.73 Å². The third-order valence-corrected chi connectivity index (χ3v) is 2.08. The fourth-order valence-corrected chi connectivity index (χ4v) is 1.66. The molecule has 1 amide bonds. The molecular formula is C8H17N3O. The summed E-state index contributed by atoms with van der Waals surface area (Å²) < 4.78 is 0. The third kappa shape index (κ3) is 2.19. The number of nitrogens with zero attached hydrogens (tertiary/aromatic N) is 1. The van der Waals surface area contributed by atoms with Crippen LogP contribution in [0.1, 0.15) is 13.8 Å². The monoisotopic (exact) mass is 171 g/mol. The SMILES string of the molecule is C[C@@H]1CN(C(=O)CN)C[C@H](C)N1. The zero-order chi connectivity index (χ0) is 9.14. The summed E-state index contributed by atoms with van der Waals surface area (Å²) in [4.78, 5) is 13.1. The highest BCUT2D eigenvalue weighted by Gasteiger charge is 2.23. The van der Waals surface area contributed by atoms with Gasteiger partial charge in [0.15, 0.2) is 0 Å². The second-order valence-corrected chi connectivity index (χ2v) is 3.47. The summed E-state index contributed by atoms with van der Waals surface area (Å²) in [6.45, 7) is 5.83. The van der Waals surface area contributed by atoms with Gasteiger partial charge in [-0.2, -0.15) is 0 Å². The first kappa shape index (κ1) is 9.48. The zero-order valence-electron chi connectivity index (χ0n) is 7.71. The van der Waals surface area contributed by atoms with Crippen molar-refractivity contribution in [3.63, 3.8) is 0 Å². The molecule has 1 heterocycles. The number of nitrogens with one attached hydrogen (secondary N) is 1. The summed E-state index contributed by atoms with van der Waals surface area (Å²) in [7, 11) is 0. The maximum Gasteiger partial charge on any atom is 0.236 e. The van der Waals surface area contributed by atoms with E-state index in [9.17, 15) is 4.79 Å². The fourth-order valence-electron chi connectivity index (χ4n) is 1.66. The number of hydrogen-bond donors (Lipinski definition) is 2. The Morgan fingerprint density at radius 2 is 2.00 bits per heavy atom. The van der Waals surface area contributed by atoms with E-state index in [1.165, 1.54) is 0 Å². The van der Waals surface area contributed by atoms with Crippen molar-refractivity contribution in [3.8, 4) is 0 Å². The Hall–Kier alpha value is -0.610. The molecule has 4 heteroatoms. The van der Waals surface area contributed by atoms with Crippen molar-refractivity contribution < 1.29 is 4.79 Å². The maximum atomic E-state index is 11.2. The van der Waals surface area contributed by atoms with Gasteiger partial charge in [0.1, 0.15) is 0 Å². The van der Waals surface area contributed by atoms with Crippen LogP contribution in [0.2, 0.25) is 0 Å². The van der Waals surface area contributed by atoms with Crippen LogP contribution in [-0.2, 0) is 4.79 Å². The number of hydrogen-bond acceptors (Lipinski definition) is 3. The van der Waals surface area contributed by atoms with Gasteiger partial charge in [0.25, 0.3) is 0 Å². The molecule has 4 nitrogen and oxygen atoms in total. The molecule has 0 aliphatic carbocycles. The molecule has 1 fully saturated rings. The topological polar surface area (TPSA) is 58.4 Å². The average Bonchev–Trinajstić information content (AvgIpc) is 2.01. The molecule has 0 aromatic rings. The Labute approximate surface area is 73.1 Å². The molecule has 0 spiro atoms. The zero-order valence-corrected chi connectivity index (χ0v) is 7.71. The highest BCUT2D eigenvalue weighted by atomic mass is 16.2. The third-order valence-electron chi connectivity index (χ3n) is 2.08. The molecule has 3 N–H and O–H groups in total. The summed E-state index contributed by atoms with van der Waals surface area (Å²) in [6.07, 6.45) is 0. The van der Waals surface area contributed by atoms with E-state index in [2.05, 4.69) is 19.2 Å². The number of piperazine rings is 1. The quantitative estimate of drug-likeness (QED) is 0.540. The van der Waals surface area contributed by atoms with E-state index in [0.29, 0.717) is 12.1 Å². The second kappa shape index (κ2) is 3.87. The van der Waals surface area contributed by atoms with Gasteiger partial charge in [0.2, 0.25) is 5.91 Å². The second-order valence-electron chi connectivity index (χ2n) is 3.47. The average molecular weight is 171 g/mol. The molecular weight excluding hydrogens is 154 g/mol. The van der Waals surface area contributed by atoms with Crippen LogP contribution in [0.15, 0.2) is 0 Å². The highest BCUT2D eigenvalue weighted by molar-refractivity contribution is 5.78. The van der Waals surface area contributed by atoms with E-state index >= 15 is 0 Å². The first-order valence-corrected chi connectivity index (χ1v) is 4.37. The van der Waals surface area contributed by atoms with Crippen LogP contribution in [0.3, 0.4) is 0 Å². The Morgan fingerprint density at radius 3 is 2.42 bits per heavy atom. The summed E-state index contributed by atoms with van der Waals surface area (Å²) >= 11 is 0. The van der Waals surface area contributed by atoms with Crippen LogP contribution in [-0.4, -0.2) is 42.5 Å². The van der Waals surface area contributed by atoms with E-state index in [-0.39, 0.29) is 12.5 Å². The van der Waals surface area contributed by atoms with E-state index in [0.717, 1.165) is 13.1 Å². The molecule has 1 aliphatic heterocycles. The van der Waals surface area contributed by atoms with Crippen LogP contribution in [0.4, 0.5) is 0 Å². The molecule has 1 rings (SSSR count). The van der Waals surface area contributed by atoms with Crippen molar-refractivity contribution in [2.75, 3.05) is 19.6 Å². The van der Waals surface area contributed by atoms with Crippen molar-refractivity contribution in [3.05, 3.63) is 0 Å². The van der Waals surface area contributed by atoms with Crippen molar-refractivity contribution in [1.82, 2.24) is 10.2 Å². The molecule has 0 aromatic heterocycles. The number of carbonyl (C=O) groups excluding carboxylic acids is 1. The lowest BCUT2D eigenvalue weighted by molar-refractivity contribution is -0.131. The van der Waals surface area contributed by atoms with Crippen LogP contribution in [0, 0.1) is 0 Å². The van der Waals surface area contributed by atoms with Gasteiger partial charge in [0, 0.05) is 25.2 Å². The molecule has 1 aliphatic rings. The maximum absolute atomic E-state index is 11.2. The molecule has 0 radical (unpaired) electrons. The van der Waals surface area contributed by atoms with E-state index in [1.807, 2.05) is 4.90 Å². The summed E-state index contributed by atoms with van der Waals surface area (Å²) in [6, 6.07) is 0.758. The molecule has 0 aromatic carbocycles. The number of amides is 1. The van der Waals surface area contributed by atoms with Gasteiger partial charge in [-0.3, -0.25) is 4.79 Å². The summed E-state index contributed by atoms with van der Waals surface area (Å²) in [5, 5.41) is 3.35. The lowest BCUT2D eigenvalue weighted by Gasteiger charge is -2.35. The smallest absolute Gasteiger partial charge is 0.236 e. The van der Waals surface area contributed by atoms with Gasteiger partial charge in [-0.1, -0.05) is 0 Å². The fraction of sp³-hybridized carbons (Fsp3) is 0.875. The number of carbonyl (C=O) groups is 1. The predicted molar refractivity (Wildman–Crippen MR) is 47.7 cm³/mol. The Kier molecular flexibility index (Phi) is 3.05. The molecule has 1 saturated heterocycles. The van der Waals surface area contributed by atoms with Gasteiger partial charge in [-0.25, -0.2) is 0 Å². The molecule has 2 atom stereocenters. The van der Waals surface area contributed by atoms with Gasteiger partial charge in [0.05, 0.1) is 6.54 Å². The van der Waals surface area contributed by atoms with Crippen LogP contribution < -0.4 is 11.1 Å². The van der Waals surface area contributed by atoms with E-state index in [4.69, 9.17) is 5.73 Å². The Bertz CT molecular complexity index is 162. The molecule has 0 unspecified atom stereocenters. The summed E-state index contributed by atoms with van der Waals surface area (Å²) in [5.41, 5.74) is 5.28. The van der Waals surface area contributed by atoms with Crippen LogP contribution >= 0.6 is 0 Å². The summed E-state index contributed by atoms with van der Waals surface area (Å²) in [5.74, 6) is 0.0511. The minimum atomic E-state index is 0.0511. The van der Waals surface area contributed by atoms with Gasteiger partial charge in [-0.15, -0.1) is 0 Å². The predicted octanol–water partition coefficient (Wildman–Crippen LogP) is -0.846. The Balaban J connectivity index is 2.49. The number of nitrogens with two attached hydrogens (primary N) is 1. The van der Waals surface area contributed by atoms with E-state index < -0.39 is 0 Å². The molecule has 12 heavy (non-hydrogen) atoms. The van der Waals surface area contributed by atoms with Gasteiger partial charge in [-0.05, 0) is 13.8 Å². The first-order chi connectivity index (χ1) is 5.63.